The number of hydrogen-bond donors (Lipinski definition) is 0. The Balaban J connectivity index is 2.36. The summed E-state index contributed by atoms with van der Waals surface area (Å²) in [7, 11) is 3.15. The van der Waals surface area contributed by atoms with Crippen LogP contribution in [0, 0.1) is 5.41 Å². The number of hydroxylamine groups is 2. The molecule has 1 amide bonds. The minimum atomic E-state index is -0.572. The lowest BCUT2D eigenvalue weighted by atomic mass is 9.80. The normalized spacial score (nSPS) is 14.1. The molecule has 0 atom stereocenters. The van der Waals surface area contributed by atoms with Gasteiger partial charge in [0.1, 0.15) is 0 Å². The van der Waals surface area contributed by atoms with Crippen LogP contribution in [0.5, 0.6) is 0 Å². The van der Waals surface area contributed by atoms with E-state index in [1.165, 1.54) is 23.3 Å². The molecule has 0 N–H and O–H groups in total. The standard InChI is InChI=1S/C15H19NO2/c1-15(2,14(17)16(3)18-4)13-10-9-11-7-5-6-8-12(11)13/h5-8,10H,9H2,1-4H3. The second-order valence-electron chi connectivity index (χ2n) is 5.09. The number of nitrogens with zero attached hydrogens (tertiary/aromatic N) is 1. The maximum atomic E-state index is 12.4. The fourth-order valence-electron chi connectivity index (χ4n) is 2.47. The fourth-order valence-corrected chi connectivity index (χ4v) is 2.47. The van der Waals surface area contributed by atoms with Gasteiger partial charge in [0.15, 0.2) is 0 Å². The van der Waals surface area contributed by atoms with Gasteiger partial charge in [0.25, 0.3) is 5.91 Å². The highest BCUT2D eigenvalue weighted by Gasteiger charge is 2.37. The molecule has 3 heteroatoms. The van der Waals surface area contributed by atoms with E-state index < -0.39 is 5.41 Å². The van der Waals surface area contributed by atoms with Gasteiger partial charge in [-0.3, -0.25) is 9.63 Å². The third-order valence-corrected chi connectivity index (χ3v) is 3.60. The summed E-state index contributed by atoms with van der Waals surface area (Å²) in [5.41, 5.74) is 2.98. The fraction of sp³-hybridized carbons (Fsp3) is 0.400. The molecule has 0 aliphatic heterocycles. The van der Waals surface area contributed by atoms with Crippen LogP contribution < -0.4 is 0 Å². The van der Waals surface area contributed by atoms with Crippen LogP contribution >= 0.6 is 0 Å². The highest BCUT2D eigenvalue weighted by molar-refractivity contribution is 5.96. The Morgan fingerprint density at radius 3 is 2.67 bits per heavy atom. The van der Waals surface area contributed by atoms with E-state index in [-0.39, 0.29) is 5.91 Å². The summed E-state index contributed by atoms with van der Waals surface area (Å²) in [6.45, 7) is 3.89. The highest BCUT2D eigenvalue weighted by Crippen LogP contribution is 2.41. The third kappa shape index (κ3) is 1.95. The molecule has 0 saturated carbocycles. The van der Waals surface area contributed by atoms with Crippen molar-refractivity contribution in [2.24, 2.45) is 5.41 Å². The quantitative estimate of drug-likeness (QED) is 0.766. The summed E-state index contributed by atoms with van der Waals surface area (Å²) >= 11 is 0. The van der Waals surface area contributed by atoms with Gasteiger partial charge in [0.2, 0.25) is 0 Å². The summed E-state index contributed by atoms with van der Waals surface area (Å²) in [5.74, 6) is -0.0343. The van der Waals surface area contributed by atoms with Crippen LogP contribution in [0.25, 0.3) is 5.57 Å². The summed E-state index contributed by atoms with van der Waals surface area (Å²) in [6, 6.07) is 8.24. The number of carbonyl (C=O) groups is 1. The first kappa shape index (κ1) is 12.8. The summed E-state index contributed by atoms with van der Waals surface area (Å²) in [5, 5.41) is 1.29. The van der Waals surface area contributed by atoms with E-state index in [9.17, 15) is 4.79 Å². The minimum Gasteiger partial charge on any atom is -0.275 e. The van der Waals surface area contributed by atoms with Crippen molar-refractivity contribution in [3.05, 3.63) is 41.5 Å². The van der Waals surface area contributed by atoms with Crippen LogP contribution in [0.4, 0.5) is 0 Å². The third-order valence-electron chi connectivity index (χ3n) is 3.60. The van der Waals surface area contributed by atoms with Gasteiger partial charge < -0.3 is 0 Å². The maximum Gasteiger partial charge on any atom is 0.255 e. The molecular formula is C15H19NO2. The number of allylic oxidation sites excluding steroid dienone is 1. The first-order chi connectivity index (χ1) is 8.48. The van der Waals surface area contributed by atoms with Gasteiger partial charge in [0.05, 0.1) is 12.5 Å². The molecule has 0 fully saturated rings. The van der Waals surface area contributed by atoms with Gasteiger partial charge in [-0.2, -0.15) is 0 Å². The molecular weight excluding hydrogens is 226 g/mol. The van der Waals surface area contributed by atoms with E-state index >= 15 is 0 Å². The van der Waals surface area contributed by atoms with Gasteiger partial charge in [-0.1, -0.05) is 30.3 Å². The van der Waals surface area contributed by atoms with Crippen molar-refractivity contribution >= 4 is 11.5 Å². The first-order valence-corrected chi connectivity index (χ1v) is 6.09. The Morgan fingerprint density at radius 1 is 1.33 bits per heavy atom. The Bertz CT molecular complexity index is 503. The molecule has 0 saturated heterocycles. The van der Waals surface area contributed by atoms with Gasteiger partial charge >= 0.3 is 0 Å². The molecule has 1 aliphatic rings. The molecule has 96 valence electrons. The number of fused-ring (bicyclic) bond motifs is 1. The largest absolute Gasteiger partial charge is 0.275 e. The van der Waals surface area contributed by atoms with E-state index in [2.05, 4.69) is 18.2 Å². The lowest BCUT2D eigenvalue weighted by Crippen LogP contribution is -2.38. The van der Waals surface area contributed by atoms with E-state index in [4.69, 9.17) is 4.84 Å². The molecule has 0 spiro atoms. The number of benzene rings is 1. The molecule has 0 radical (unpaired) electrons. The van der Waals surface area contributed by atoms with Crippen LogP contribution in [0.1, 0.15) is 25.0 Å². The SMILES string of the molecule is CON(C)C(=O)C(C)(C)C1=CCc2ccccc21. The number of hydrogen-bond acceptors (Lipinski definition) is 2. The monoisotopic (exact) mass is 245 g/mol. The summed E-state index contributed by atoms with van der Waals surface area (Å²) in [4.78, 5) is 17.4. The van der Waals surface area contributed by atoms with Crippen LogP contribution in [0.15, 0.2) is 30.3 Å². The molecule has 0 bridgehead atoms. The Kier molecular flexibility index (Phi) is 3.26. The Hall–Kier alpha value is -1.61. The summed E-state index contributed by atoms with van der Waals surface area (Å²) in [6.07, 6.45) is 3.05. The zero-order valence-electron chi connectivity index (χ0n) is 11.4. The Morgan fingerprint density at radius 2 is 2.00 bits per heavy atom. The predicted molar refractivity (Wildman–Crippen MR) is 71.7 cm³/mol. The summed E-state index contributed by atoms with van der Waals surface area (Å²) < 4.78 is 0. The average molecular weight is 245 g/mol. The number of amides is 1. The van der Waals surface area contributed by atoms with Gasteiger partial charge in [-0.05, 0) is 37.0 Å². The minimum absolute atomic E-state index is 0.0343. The molecule has 18 heavy (non-hydrogen) atoms. The van der Waals surface area contributed by atoms with Crippen molar-refractivity contribution in [1.82, 2.24) is 5.06 Å². The van der Waals surface area contributed by atoms with Crippen molar-refractivity contribution in [2.75, 3.05) is 14.2 Å². The highest BCUT2D eigenvalue weighted by atomic mass is 16.7. The van der Waals surface area contributed by atoms with E-state index in [1.54, 1.807) is 7.05 Å². The van der Waals surface area contributed by atoms with Crippen LogP contribution in [0.3, 0.4) is 0 Å². The van der Waals surface area contributed by atoms with Gasteiger partial charge in [-0.15, -0.1) is 0 Å². The molecule has 2 rings (SSSR count). The van der Waals surface area contributed by atoms with Crippen molar-refractivity contribution in [2.45, 2.75) is 20.3 Å². The Labute approximate surface area is 108 Å². The molecule has 0 unspecified atom stereocenters. The number of carbonyl (C=O) groups excluding carboxylic acids is 1. The van der Waals surface area contributed by atoms with Crippen LogP contribution in [0.2, 0.25) is 0 Å². The molecule has 1 aromatic carbocycles. The smallest absolute Gasteiger partial charge is 0.255 e. The van der Waals surface area contributed by atoms with Gasteiger partial charge in [0, 0.05) is 7.05 Å². The van der Waals surface area contributed by atoms with Crippen molar-refractivity contribution < 1.29 is 9.63 Å². The molecule has 0 heterocycles. The first-order valence-electron chi connectivity index (χ1n) is 6.09. The molecule has 1 aromatic rings. The van der Waals surface area contributed by atoms with Gasteiger partial charge in [-0.25, -0.2) is 5.06 Å². The lowest BCUT2D eigenvalue weighted by molar-refractivity contribution is -0.175. The van der Waals surface area contributed by atoms with E-state index in [0.717, 1.165) is 12.0 Å². The molecule has 0 aromatic heterocycles. The zero-order valence-corrected chi connectivity index (χ0v) is 11.4. The molecule has 3 nitrogen and oxygen atoms in total. The second-order valence-corrected chi connectivity index (χ2v) is 5.09. The predicted octanol–water partition coefficient (Wildman–Crippen LogP) is 2.67. The second kappa shape index (κ2) is 4.58. The lowest BCUT2D eigenvalue weighted by Gasteiger charge is -2.29. The number of rotatable bonds is 3. The average Bonchev–Trinajstić information content (AvgIpc) is 2.81. The molecule has 1 aliphatic carbocycles. The zero-order chi connectivity index (χ0) is 13.3. The van der Waals surface area contributed by atoms with E-state index in [0.29, 0.717) is 0 Å². The van der Waals surface area contributed by atoms with Crippen molar-refractivity contribution in [1.29, 1.82) is 0 Å². The maximum absolute atomic E-state index is 12.4. The van der Waals surface area contributed by atoms with Crippen molar-refractivity contribution in [3.63, 3.8) is 0 Å². The van der Waals surface area contributed by atoms with Crippen LogP contribution in [-0.2, 0) is 16.1 Å². The van der Waals surface area contributed by atoms with Crippen LogP contribution in [-0.4, -0.2) is 25.1 Å². The van der Waals surface area contributed by atoms with Crippen molar-refractivity contribution in [3.8, 4) is 0 Å². The topological polar surface area (TPSA) is 29.5 Å². The van der Waals surface area contributed by atoms with E-state index in [1.807, 2.05) is 26.0 Å².